The highest BCUT2D eigenvalue weighted by molar-refractivity contribution is 7.76. The zero-order valence-corrected chi connectivity index (χ0v) is 36.2. The van der Waals surface area contributed by atoms with Crippen molar-refractivity contribution in [3.8, 4) is 0 Å². The summed E-state index contributed by atoms with van der Waals surface area (Å²) in [6.07, 6.45) is -0.809. The van der Waals surface area contributed by atoms with Crippen LogP contribution in [0.15, 0.2) is 85.1 Å². The molecule has 0 saturated carbocycles. The van der Waals surface area contributed by atoms with Gasteiger partial charge in [0.15, 0.2) is 0 Å². The van der Waals surface area contributed by atoms with Gasteiger partial charge in [0.2, 0.25) is 35.4 Å². The summed E-state index contributed by atoms with van der Waals surface area (Å²) in [6, 6.07) is 13.2. The van der Waals surface area contributed by atoms with E-state index in [9.17, 15) is 68.0 Å². The molecule has 0 saturated heterocycles. The van der Waals surface area contributed by atoms with Crippen LogP contribution in [0.5, 0.6) is 0 Å². The van der Waals surface area contributed by atoms with E-state index in [-0.39, 0.29) is 36.8 Å². The van der Waals surface area contributed by atoms with Crippen molar-refractivity contribution in [3.63, 3.8) is 0 Å². The molecule has 0 radical (unpaired) electrons. The lowest BCUT2D eigenvalue weighted by molar-refractivity contribution is -0.139. The molecule has 0 bridgehead atoms. The maximum atomic E-state index is 14.3. The lowest BCUT2D eigenvalue weighted by Crippen LogP contribution is -2.60. The van der Waals surface area contributed by atoms with Crippen molar-refractivity contribution in [2.75, 3.05) is 7.05 Å². The third-order valence-electron chi connectivity index (χ3n) is 10.1. The van der Waals surface area contributed by atoms with Crippen molar-refractivity contribution < 1.29 is 68.0 Å². The van der Waals surface area contributed by atoms with Crippen LogP contribution in [0.3, 0.4) is 0 Å². The average Bonchev–Trinajstić information content (AvgIpc) is 3.67. The van der Waals surface area contributed by atoms with Gasteiger partial charge >= 0.3 is 25.4 Å². The second-order valence-corrected chi connectivity index (χ2v) is 16.5. The Hall–Kier alpha value is -7.06. The monoisotopic (exact) mass is 920 g/mol. The Morgan fingerprint density at radius 1 is 0.554 bits per heavy atom. The molecular formula is C43H51N7O14P+. The van der Waals surface area contributed by atoms with E-state index in [0.717, 1.165) is 30.0 Å². The number of nitrogens with one attached hydrogen (secondary N) is 7. The molecule has 65 heavy (non-hydrogen) atoms. The molecule has 3 aromatic carbocycles. The molecule has 4 rings (SSSR count). The second kappa shape index (κ2) is 23.6. The predicted molar refractivity (Wildman–Crippen MR) is 233 cm³/mol. The largest absolute Gasteiger partial charge is 0.483 e. The van der Waals surface area contributed by atoms with Gasteiger partial charge in [0.05, 0.1) is 5.56 Å². The van der Waals surface area contributed by atoms with Crippen molar-refractivity contribution in [3.05, 3.63) is 107 Å². The van der Waals surface area contributed by atoms with Gasteiger partial charge in [-0.05, 0) is 47.7 Å². The van der Waals surface area contributed by atoms with E-state index in [4.69, 9.17) is 0 Å². The number of carboxylic acids is 2. The highest BCUT2D eigenvalue weighted by atomic mass is 31.2. The van der Waals surface area contributed by atoms with Crippen molar-refractivity contribution in [2.24, 2.45) is 0 Å². The Morgan fingerprint density at radius 3 is 1.49 bits per heavy atom. The minimum Gasteiger partial charge on any atom is -0.481 e. The molecule has 0 aliphatic carbocycles. The molecule has 0 fully saturated rings. The van der Waals surface area contributed by atoms with Gasteiger partial charge in [-0.2, -0.15) is 14.7 Å². The topological polar surface area (TPSA) is 343 Å². The fraction of sp³-hybridized carbons (Fsp3) is 0.326. The number of aromatic nitrogens is 1. The van der Waals surface area contributed by atoms with Crippen LogP contribution in [0.4, 0.5) is 0 Å². The number of para-hydroxylation sites is 1. The summed E-state index contributed by atoms with van der Waals surface area (Å²) in [4.78, 5) is 148. The number of benzene rings is 3. The van der Waals surface area contributed by atoms with Crippen LogP contribution < -0.4 is 31.9 Å². The van der Waals surface area contributed by atoms with Crippen LogP contribution in [-0.4, -0.2) is 120 Å². The number of hydrogen-bond acceptors (Lipinski definition) is 12. The summed E-state index contributed by atoms with van der Waals surface area (Å²) in [6.45, 7) is 1.09. The Bertz CT molecular complexity index is 2370. The summed E-state index contributed by atoms with van der Waals surface area (Å²) < 4.78 is 0. The molecule has 21 nitrogen and oxygen atoms in total. The number of rotatable bonds is 24. The summed E-state index contributed by atoms with van der Waals surface area (Å²) in [5, 5.41) is 34.7. The minimum atomic E-state index is -4.90. The third kappa shape index (κ3) is 15.6. The van der Waals surface area contributed by atoms with Crippen LogP contribution in [0.25, 0.3) is 10.9 Å². The molecule has 12 N–H and O–H groups in total. The molecule has 1 heterocycles. The molecule has 0 unspecified atom stereocenters. The maximum Gasteiger partial charge on any atom is 0.483 e. The third-order valence-corrected chi connectivity index (χ3v) is 10.9. The van der Waals surface area contributed by atoms with Crippen molar-refractivity contribution >= 4 is 71.8 Å². The maximum absolute atomic E-state index is 14.3. The molecular weight excluding hydrogens is 869 g/mol. The molecule has 346 valence electrons. The smallest absolute Gasteiger partial charge is 0.481 e. The molecule has 5 atom stereocenters. The SMILES string of the molecule is CNC(=O)[C@@H](Cc1c[nH]c2ccccc12)NC(=O)[C@H](CCC(=O)O)NC(=O)[C@H](Cc1ccccc1)NC(=O)[C@H](Cc1ccc(C(=O)[P+](O)(O)O)cc1)NC(=O)[C@H](CCC(=O)O)NC(C)=O. The van der Waals surface area contributed by atoms with Crippen LogP contribution in [-0.2, 0) is 57.6 Å². The predicted octanol–water partition coefficient (Wildman–Crippen LogP) is -0.00500. The fourth-order valence-corrected chi connectivity index (χ4v) is 7.27. The summed E-state index contributed by atoms with van der Waals surface area (Å²) in [5.74, 6) is -7.68. The molecule has 0 aliphatic rings. The molecule has 1 aromatic heterocycles. The van der Waals surface area contributed by atoms with Gasteiger partial charge in [-0.1, -0.05) is 60.7 Å². The van der Waals surface area contributed by atoms with Gasteiger partial charge in [-0.15, -0.1) is 0 Å². The number of amides is 6. The first kappa shape index (κ1) is 50.6. The fourth-order valence-electron chi connectivity index (χ4n) is 6.77. The Balaban J connectivity index is 1.66. The van der Waals surface area contributed by atoms with Crippen LogP contribution in [0.1, 0.15) is 59.7 Å². The van der Waals surface area contributed by atoms with E-state index >= 15 is 0 Å². The van der Waals surface area contributed by atoms with Crippen molar-refractivity contribution in [1.29, 1.82) is 0 Å². The van der Waals surface area contributed by atoms with E-state index in [1.165, 1.54) is 19.2 Å². The molecule has 6 amide bonds. The molecule has 0 aliphatic heterocycles. The van der Waals surface area contributed by atoms with Crippen molar-refractivity contribution in [1.82, 2.24) is 36.9 Å². The van der Waals surface area contributed by atoms with Gasteiger partial charge in [-0.3, -0.25) is 38.4 Å². The summed E-state index contributed by atoms with van der Waals surface area (Å²) in [7, 11) is -3.54. The number of likely N-dealkylation sites (N-methyl/N-ethyl adjacent to an activating group) is 1. The van der Waals surface area contributed by atoms with E-state index in [2.05, 4.69) is 36.9 Å². The number of hydrogen-bond donors (Lipinski definition) is 12. The number of aliphatic carboxylic acids is 2. The number of aromatic amines is 1. The number of fused-ring (bicyclic) bond motifs is 1. The van der Waals surface area contributed by atoms with Crippen LogP contribution in [0.2, 0.25) is 0 Å². The van der Waals surface area contributed by atoms with E-state index < -0.39 is 110 Å². The van der Waals surface area contributed by atoms with Gasteiger partial charge in [0.25, 0.3) is 0 Å². The van der Waals surface area contributed by atoms with E-state index in [1.807, 2.05) is 18.2 Å². The standard InChI is InChI=1S/C43H50N7O14P/c1-24(51)46-31(16-18-36(52)53)39(57)48-34(21-26-12-14-27(15-13-26)43(61)65(62,63)64)42(60)49-33(20-25-8-4-3-5-9-25)41(59)47-32(17-19-37(54)55)40(58)50-35(38(56)44-2)22-28-23-45-30-11-7-6-10-29(28)30/h3-15,23,31-35,45,62-64H,16-22H2,1-2H3,(H7-,44,46,47,48,49,50,51,52,53,54,55,56,57,58,59,60)/p+1/t31-,32-,33-,34-,35+/m0/s1. The van der Waals surface area contributed by atoms with Gasteiger partial charge in [-0.25, -0.2) is 4.79 Å². The van der Waals surface area contributed by atoms with Gasteiger partial charge in [0.1, 0.15) is 30.2 Å². The first-order valence-electron chi connectivity index (χ1n) is 20.2. The normalized spacial score (nSPS) is 13.5. The Morgan fingerprint density at radius 2 is 1.00 bits per heavy atom. The van der Waals surface area contributed by atoms with Gasteiger partial charge in [0, 0.05) is 63.2 Å². The Labute approximate surface area is 372 Å². The highest BCUT2D eigenvalue weighted by Gasteiger charge is 2.43. The van der Waals surface area contributed by atoms with E-state index in [1.54, 1.807) is 42.6 Å². The van der Waals surface area contributed by atoms with Crippen LogP contribution >= 0.6 is 7.94 Å². The van der Waals surface area contributed by atoms with E-state index in [0.29, 0.717) is 11.1 Å². The molecule has 4 aromatic rings. The average molecular weight is 921 g/mol. The Kier molecular flexibility index (Phi) is 18.3. The summed E-state index contributed by atoms with van der Waals surface area (Å²) >= 11 is 0. The number of carbonyl (C=O) groups is 9. The minimum absolute atomic E-state index is 0.0133. The van der Waals surface area contributed by atoms with Gasteiger partial charge < -0.3 is 47.1 Å². The first-order valence-corrected chi connectivity index (χ1v) is 21.8. The van der Waals surface area contributed by atoms with Crippen molar-refractivity contribution in [2.45, 2.75) is 82.1 Å². The number of carboxylic acid groups (broad SMARTS) is 2. The zero-order chi connectivity index (χ0) is 47.8. The lowest BCUT2D eigenvalue weighted by Gasteiger charge is -2.27. The first-order chi connectivity index (χ1) is 30.7. The summed E-state index contributed by atoms with van der Waals surface area (Å²) in [5.41, 5.74) is 0.602. The number of carbonyl (C=O) groups excluding carboxylic acids is 7. The molecule has 22 heteroatoms. The molecule has 0 spiro atoms. The second-order valence-electron chi connectivity index (χ2n) is 15.0. The highest BCUT2D eigenvalue weighted by Crippen LogP contribution is 2.47. The zero-order valence-electron chi connectivity index (χ0n) is 35.3. The number of H-pyrrole nitrogens is 1. The quantitative estimate of drug-likeness (QED) is 0.0412. The lowest BCUT2D eigenvalue weighted by atomic mass is 10.0. The van der Waals surface area contributed by atoms with Crippen LogP contribution in [0, 0.1) is 0 Å².